The predicted octanol–water partition coefficient (Wildman–Crippen LogP) is 3.38. The first-order valence-corrected chi connectivity index (χ1v) is 10.3. The molecule has 0 N–H and O–H groups in total. The van der Waals surface area contributed by atoms with Gasteiger partial charge in [0.1, 0.15) is 5.92 Å². The Bertz CT molecular complexity index is 1370. The summed E-state index contributed by atoms with van der Waals surface area (Å²) in [5.74, 6) is -4.05. The highest BCUT2D eigenvalue weighted by Gasteiger charge is 2.74. The van der Waals surface area contributed by atoms with Crippen LogP contribution in [0.1, 0.15) is 28.2 Å². The number of rotatable bonds is 3. The summed E-state index contributed by atoms with van der Waals surface area (Å²) in [5, 5.41) is 24.1. The second-order valence-electron chi connectivity index (χ2n) is 8.47. The lowest BCUT2D eigenvalue weighted by Crippen LogP contribution is -2.57. The van der Waals surface area contributed by atoms with E-state index in [9.17, 15) is 29.8 Å². The summed E-state index contributed by atoms with van der Waals surface area (Å²) < 4.78 is 0. The Balaban J connectivity index is 1.64. The molecule has 0 radical (unpaired) electrons. The molecule has 162 valence electrons. The van der Waals surface area contributed by atoms with Crippen molar-refractivity contribution in [2.75, 3.05) is 4.90 Å². The van der Waals surface area contributed by atoms with Crippen LogP contribution in [0.4, 0.5) is 11.4 Å². The molecule has 2 amide bonds. The lowest BCUT2D eigenvalue weighted by atomic mass is 9.51. The van der Waals surface area contributed by atoms with Gasteiger partial charge in [-0.2, -0.15) is 0 Å². The van der Waals surface area contributed by atoms with E-state index in [1.807, 2.05) is 0 Å². The van der Waals surface area contributed by atoms with E-state index in [-0.39, 0.29) is 11.4 Å². The SMILES string of the molecule is O=C1[C@@H]2[C@@H](C(=O)N1c1cccc([N+](=O)[O-])c1)C1c3ccccc3C2([N+](=O)[O-])c2ccccc21. The van der Waals surface area contributed by atoms with E-state index in [1.165, 1.54) is 18.2 Å². The molecule has 2 atom stereocenters. The highest BCUT2D eigenvalue weighted by Crippen LogP contribution is 2.64. The van der Waals surface area contributed by atoms with E-state index in [4.69, 9.17) is 0 Å². The third-order valence-corrected chi connectivity index (χ3v) is 7.16. The molecule has 33 heavy (non-hydrogen) atoms. The zero-order valence-corrected chi connectivity index (χ0v) is 17.0. The van der Waals surface area contributed by atoms with Gasteiger partial charge in [0, 0.05) is 34.1 Å². The molecule has 1 saturated heterocycles. The largest absolute Gasteiger partial charge is 0.285 e. The molecular formula is C24H15N3O6. The lowest BCUT2D eigenvalue weighted by Gasteiger charge is -2.48. The van der Waals surface area contributed by atoms with Crippen LogP contribution in [0.15, 0.2) is 72.8 Å². The van der Waals surface area contributed by atoms with Gasteiger partial charge in [-0.25, -0.2) is 4.90 Å². The molecule has 7 rings (SSSR count). The molecule has 1 aliphatic heterocycles. The number of nitro groups is 2. The van der Waals surface area contributed by atoms with Crippen molar-refractivity contribution in [1.29, 1.82) is 0 Å². The van der Waals surface area contributed by atoms with Crippen LogP contribution in [-0.2, 0) is 15.1 Å². The summed E-state index contributed by atoms with van der Waals surface area (Å²) in [6.07, 6.45) is 0. The number of amides is 2. The fraction of sp³-hybridized carbons (Fsp3) is 0.167. The molecule has 1 heterocycles. The lowest BCUT2D eigenvalue weighted by molar-refractivity contribution is -0.578. The fourth-order valence-corrected chi connectivity index (χ4v) is 6.04. The smallest absolute Gasteiger partial charge is 0.274 e. The van der Waals surface area contributed by atoms with Crippen molar-refractivity contribution in [3.8, 4) is 0 Å². The van der Waals surface area contributed by atoms with E-state index >= 15 is 0 Å². The van der Waals surface area contributed by atoms with Crippen molar-refractivity contribution in [2.24, 2.45) is 11.8 Å². The number of carbonyl (C=O) groups excluding carboxylic acids is 2. The molecule has 0 saturated carbocycles. The number of carbonyl (C=O) groups is 2. The van der Waals surface area contributed by atoms with Crippen LogP contribution in [-0.4, -0.2) is 21.7 Å². The minimum Gasteiger partial charge on any atom is -0.274 e. The molecular weight excluding hydrogens is 426 g/mol. The Morgan fingerprint density at radius 3 is 1.97 bits per heavy atom. The number of hydrogen-bond acceptors (Lipinski definition) is 6. The van der Waals surface area contributed by atoms with Crippen molar-refractivity contribution in [3.05, 3.63) is 115 Å². The van der Waals surface area contributed by atoms with Crippen LogP contribution in [0.25, 0.3) is 0 Å². The third-order valence-electron chi connectivity index (χ3n) is 7.16. The van der Waals surface area contributed by atoms with Gasteiger partial charge in [0.2, 0.25) is 11.8 Å². The average Bonchev–Trinajstić information content (AvgIpc) is 3.09. The maximum atomic E-state index is 13.8. The van der Waals surface area contributed by atoms with E-state index in [0.717, 1.165) is 11.0 Å². The highest BCUT2D eigenvalue weighted by atomic mass is 16.6. The zero-order chi connectivity index (χ0) is 23.1. The van der Waals surface area contributed by atoms with Crippen molar-refractivity contribution in [1.82, 2.24) is 0 Å². The Hall–Kier alpha value is -4.40. The summed E-state index contributed by atoms with van der Waals surface area (Å²) >= 11 is 0. The summed E-state index contributed by atoms with van der Waals surface area (Å²) in [7, 11) is 0. The highest BCUT2D eigenvalue weighted by molar-refractivity contribution is 6.23. The Morgan fingerprint density at radius 2 is 1.39 bits per heavy atom. The van der Waals surface area contributed by atoms with Crippen molar-refractivity contribution >= 4 is 23.2 Å². The van der Waals surface area contributed by atoms with Gasteiger partial charge in [0.05, 0.1) is 16.5 Å². The van der Waals surface area contributed by atoms with Crippen molar-refractivity contribution in [3.63, 3.8) is 0 Å². The van der Waals surface area contributed by atoms with E-state index < -0.39 is 45.0 Å². The first kappa shape index (κ1) is 19.3. The van der Waals surface area contributed by atoms with Gasteiger partial charge in [-0.05, 0) is 17.2 Å². The van der Waals surface area contributed by atoms with Gasteiger partial charge in [-0.1, -0.05) is 54.6 Å². The number of non-ortho nitro benzene ring substituents is 1. The monoisotopic (exact) mass is 441 g/mol. The molecule has 4 aliphatic rings. The number of imide groups is 1. The molecule has 9 heteroatoms. The molecule has 0 unspecified atom stereocenters. The van der Waals surface area contributed by atoms with E-state index in [0.29, 0.717) is 22.3 Å². The van der Waals surface area contributed by atoms with Crippen LogP contribution in [0.2, 0.25) is 0 Å². The summed E-state index contributed by atoms with van der Waals surface area (Å²) in [6, 6.07) is 19.0. The number of benzene rings is 3. The molecule has 1 fully saturated rings. The third kappa shape index (κ3) is 2.16. The zero-order valence-electron chi connectivity index (χ0n) is 17.0. The van der Waals surface area contributed by atoms with Gasteiger partial charge in [0.15, 0.2) is 0 Å². The minimum absolute atomic E-state index is 0.0413. The van der Waals surface area contributed by atoms with Crippen LogP contribution in [0.5, 0.6) is 0 Å². The number of nitro benzene ring substituents is 1. The summed E-state index contributed by atoms with van der Waals surface area (Å²) in [4.78, 5) is 51.5. The molecule has 0 aromatic heterocycles. The fourth-order valence-electron chi connectivity index (χ4n) is 6.04. The summed E-state index contributed by atoms with van der Waals surface area (Å²) in [5.41, 5.74) is 0.00641. The molecule has 3 aromatic carbocycles. The Kier molecular flexibility index (Phi) is 3.69. The topological polar surface area (TPSA) is 124 Å². The Labute approximate surface area is 186 Å². The van der Waals surface area contributed by atoms with E-state index in [2.05, 4.69) is 0 Å². The maximum absolute atomic E-state index is 13.8. The first-order valence-electron chi connectivity index (χ1n) is 10.3. The van der Waals surface area contributed by atoms with Crippen LogP contribution >= 0.6 is 0 Å². The predicted molar refractivity (Wildman–Crippen MR) is 115 cm³/mol. The molecule has 3 aromatic rings. The van der Waals surface area contributed by atoms with Crippen molar-refractivity contribution in [2.45, 2.75) is 11.5 Å². The summed E-state index contributed by atoms with van der Waals surface area (Å²) in [6.45, 7) is 0. The molecule has 0 spiro atoms. The van der Waals surface area contributed by atoms with Gasteiger partial charge in [0.25, 0.3) is 11.2 Å². The normalized spacial score (nSPS) is 26.5. The van der Waals surface area contributed by atoms with Crippen LogP contribution in [0, 0.1) is 32.1 Å². The minimum atomic E-state index is -1.92. The van der Waals surface area contributed by atoms with Crippen molar-refractivity contribution < 1.29 is 19.4 Å². The maximum Gasteiger partial charge on any atom is 0.285 e. The van der Waals surface area contributed by atoms with Gasteiger partial charge in [-0.15, -0.1) is 0 Å². The number of nitrogens with zero attached hydrogens (tertiary/aromatic N) is 3. The van der Waals surface area contributed by atoms with Gasteiger partial charge >= 0.3 is 0 Å². The number of anilines is 1. The van der Waals surface area contributed by atoms with Crippen LogP contribution in [0.3, 0.4) is 0 Å². The molecule has 2 bridgehead atoms. The standard InChI is InChI=1S/C24H15N3O6/c28-22-20-19-15-8-1-3-10-17(15)24(27(32)33,18-11-4-2-9-16(18)19)21(20)23(29)25(22)13-6-5-7-14(12-13)26(30)31/h1-12,19-21H/t19?,20-,21-,24?/m0/s1. The van der Waals surface area contributed by atoms with Crippen LogP contribution < -0.4 is 4.90 Å². The average molecular weight is 441 g/mol. The van der Waals surface area contributed by atoms with E-state index in [1.54, 1.807) is 48.5 Å². The number of hydrogen-bond donors (Lipinski definition) is 0. The van der Waals surface area contributed by atoms with Gasteiger partial charge in [-0.3, -0.25) is 29.8 Å². The Morgan fingerprint density at radius 1 is 0.788 bits per heavy atom. The molecule has 3 aliphatic carbocycles. The first-order chi connectivity index (χ1) is 15.9. The second-order valence-corrected chi connectivity index (χ2v) is 8.47. The van der Waals surface area contributed by atoms with Gasteiger partial charge < -0.3 is 0 Å². The quantitative estimate of drug-likeness (QED) is 0.349. The second kappa shape index (κ2) is 6.32. The molecule has 9 nitrogen and oxygen atoms in total.